The summed E-state index contributed by atoms with van der Waals surface area (Å²) in [4.78, 5) is 23.3. The number of carbonyl (C=O) groups is 2. The van der Waals surface area contributed by atoms with Gasteiger partial charge in [0.05, 0.1) is 6.54 Å². The third kappa shape index (κ3) is 5.39. The molecule has 1 fully saturated rings. The fourth-order valence-corrected chi connectivity index (χ4v) is 1.90. The first-order valence-electron chi connectivity index (χ1n) is 7.17. The van der Waals surface area contributed by atoms with E-state index in [2.05, 4.69) is 22.5 Å². The van der Waals surface area contributed by atoms with Gasteiger partial charge in [-0.25, -0.2) is 0 Å². The van der Waals surface area contributed by atoms with E-state index in [1.165, 1.54) is 0 Å². The van der Waals surface area contributed by atoms with Crippen LogP contribution < -0.4 is 16.0 Å². The number of rotatable bonds is 8. The minimum Gasteiger partial charge on any atom is -0.351 e. The highest BCUT2D eigenvalue weighted by Crippen LogP contribution is 2.30. The second kappa shape index (κ2) is 7.59. The largest absolute Gasteiger partial charge is 0.351 e. The van der Waals surface area contributed by atoms with Gasteiger partial charge in [-0.1, -0.05) is 18.2 Å². The molecule has 0 heterocycles. The minimum atomic E-state index is -0.0655. The highest BCUT2D eigenvalue weighted by atomic mass is 16.2. The predicted octanol–water partition coefficient (Wildman–Crippen LogP) is 1.43. The van der Waals surface area contributed by atoms with Gasteiger partial charge in [-0.05, 0) is 30.5 Å². The molecule has 0 radical (unpaired) electrons. The van der Waals surface area contributed by atoms with E-state index in [9.17, 15) is 9.59 Å². The van der Waals surface area contributed by atoms with Crippen LogP contribution in [0.4, 0.5) is 5.69 Å². The Balaban J connectivity index is 1.78. The van der Waals surface area contributed by atoms with Crippen molar-refractivity contribution in [1.82, 2.24) is 10.6 Å². The van der Waals surface area contributed by atoms with E-state index in [1.54, 1.807) is 6.08 Å². The summed E-state index contributed by atoms with van der Waals surface area (Å²) in [6.45, 7) is 4.89. The molecule has 0 aliphatic heterocycles. The minimum absolute atomic E-state index is 0.0655. The first-order chi connectivity index (χ1) is 10.2. The Morgan fingerprint density at radius 3 is 2.86 bits per heavy atom. The van der Waals surface area contributed by atoms with Crippen molar-refractivity contribution in [3.05, 3.63) is 42.5 Å². The molecule has 112 valence electrons. The van der Waals surface area contributed by atoms with Crippen molar-refractivity contribution in [3.63, 3.8) is 0 Å². The van der Waals surface area contributed by atoms with Crippen molar-refractivity contribution in [2.75, 3.05) is 18.4 Å². The molecule has 3 N–H and O–H groups in total. The smallest absolute Gasteiger partial charge is 0.234 e. The number of amides is 2. The Hall–Kier alpha value is -2.14. The maximum absolute atomic E-state index is 11.7. The highest BCUT2D eigenvalue weighted by molar-refractivity contribution is 5.94. The molecule has 2 rings (SSSR count). The van der Waals surface area contributed by atoms with Crippen LogP contribution in [0.3, 0.4) is 0 Å². The molecule has 1 saturated carbocycles. The lowest BCUT2D eigenvalue weighted by Gasteiger charge is -2.08. The molecular weight excluding hydrogens is 266 g/mol. The van der Waals surface area contributed by atoms with Crippen LogP contribution in [0.5, 0.6) is 0 Å². The Labute approximate surface area is 124 Å². The number of hydrogen-bond acceptors (Lipinski definition) is 3. The first-order valence-corrected chi connectivity index (χ1v) is 7.17. The molecule has 1 aromatic rings. The summed E-state index contributed by atoms with van der Waals surface area (Å²) in [5.74, 6) is 0.207. The third-order valence-corrected chi connectivity index (χ3v) is 3.21. The average molecular weight is 287 g/mol. The van der Waals surface area contributed by atoms with Gasteiger partial charge in [0.2, 0.25) is 11.8 Å². The summed E-state index contributed by atoms with van der Waals surface area (Å²) in [5.41, 5.74) is 1.74. The maximum atomic E-state index is 11.7. The molecule has 21 heavy (non-hydrogen) atoms. The monoisotopic (exact) mass is 287 g/mol. The van der Waals surface area contributed by atoms with E-state index >= 15 is 0 Å². The molecule has 0 saturated heterocycles. The van der Waals surface area contributed by atoms with Gasteiger partial charge in [0.25, 0.3) is 0 Å². The molecule has 1 aromatic carbocycles. The number of nitrogens with one attached hydrogen (secondary N) is 3. The van der Waals surface area contributed by atoms with E-state index in [4.69, 9.17) is 0 Å². The van der Waals surface area contributed by atoms with Crippen LogP contribution in [0, 0.1) is 5.92 Å². The lowest BCUT2D eigenvalue weighted by atomic mass is 10.2. The molecule has 0 unspecified atom stereocenters. The van der Waals surface area contributed by atoms with Crippen LogP contribution >= 0.6 is 0 Å². The van der Waals surface area contributed by atoms with Crippen LogP contribution in [0.1, 0.15) is 18.4 Å². The second-order valence-corrected chi connectivity index (χ2v) is 5.16. The fourth-order valence-electron chi connectivity index (χ4n) is 1.90. The molecule has 5 heteroatoms. The second-order valence-electron chi connectivity index (χ2n) is 5.16. The SMILES string of the molecule is C=CCNCC(=O)NCc1cccc(NC(=O)C2CC2)c1. The molecule has 0 spiro atoms. The van der Waals surface area contributed by atoms with E-state index in [0.717, 1.165) is 24.1 Å². The summed E-state index contributed by atoms with van der Waals surface area (Å²) in [5, 5.41) is 8.66. The Morgan fingerprint density at radius 2 is 2.14 bits per heavy atom. The molecule has 0 bridgehead atoms. The quantitative estimate of drug-likeness (QED) is 0.500. The zero-order valence-electron chi connectivity index (χ0n) is 12.0. The van der Waals surface area contributed by atoms with E-state index in [1.807, 2.05) is 24.3 Å². The van der Waals surface area contributed by atoms with Crippen LogP contribution in [0.2, 0.25) is 0 Å². The number of anilines is 1. The highest BCUT2D eigenvalue weighted by Gasteiger charge is 2.29. The Bertz CT molecular complexity index is 524. The van der Waals surface area contributed by atoms with Crippen molar-refractivity contribution in [3.8, 4) is 0 Å². The van der Waals surface area contributed by atoms with Crippen molar-refractivity contribution in [2.24, 2.45) is 5.92 Å². The molecule has 1 aliphatic carbocycles. The molecule has 2 amide bonds. The van der Waals surface area contributed by atoms with Gasteiger partial charge in [0, 0.05) is 24.7 Å². The van der Waals surface area contributed by atoms with Crippen LogP contribution in [-0.4, -0.2) is 24.9 Å². The van der Waals surface area contributed by atoms with Gasteiger partial charge in [-0.3, -0.25) is 9.59 Å². The van der Waals surface area contributed by atoms with Gasteiger partial charge in [-0.2, -0.15) is 0 Å². The standard InChI is InChI=1S/C16H21N3O2/c1-2-8-17-11-15(20)18-10-12-4-3-5-14(9-12)19-16(21)13-6-7-13/h2-5,9,13,17H,1,6-8,10-11H2,(H,18,20)(H,19,21). The van der Waals surface area contributed by atoms with E-state index in [-0.39, 0.29) is 24.3 Å². The molecule has 5 nitrogen and oxygen atoms in total. The van der Waals surface area contributed by atoms with E-state index in [0.29, 0.717) is 13.1 Å². The predicted molar refractivity (Wildman–Crippen MR) is 82.7 cm³/mol. The van der Waals surface area contributed by atoms with Gasteiger partial charge in [0.1, 0.15) is 0 Å². The first kappa shape index (κ1) is 15.3. The normalized spacial score (nSPS) is 13.5. The Kier molecular flexibility index (Phi) is 5.51. The van der Waals surface area contributed by atoms with Gasteiger partial charge in [0.15, 0.2) is 0 Å². The van der Waals surface area contributed by atoms with Gasteiger partial charge in [-0.15, -0.1) is 6.58 Å². The number of hydrogen-bond donors (Lipinski definition) is 3. The molecule has 1 aliphatic rings. The van der Waals surface area contributed by atoms with Gasteiger partial charge < -0.3 is 16.0 Å². The van der Waals surface area contributed by atoms with Crippen LogP contribution in [0.25, 0.3) is 0 Å². The number of carbonyl (C=O) groups excluding carboxylic acids is 2. The van der Waals surface area contributed by atoms with Crippen molar-refractivity contribution in [2.45, 2.75) is 19.4 Å². The van der Waals surface area contributed by atoms with Gasteiger partial charge >= 0.3 is 0 Å². The summed E-state index contributed by atoms with van der Waals surface area (Å²) in [6, 6.07) is 7.54. The summed E-state index contributed by atoms with van der Waals surface area (Å²) < 4.78 is 0. The lowest BCUT2D eigenvalue weighted by molar-refractivity contribution is -0.120. The lowest BCUT2D eigenvalue weighted by Crippen LogP contribution is -2.33. The zero-order chi connectivity index (χ0) is 15.1. The van der Waals surface area contributed by atoms with Crippen LogP contribution in [0.15, 0.2) is 36.9 Å². The van der Waals surface area contributed by atoms with Crippen molar-refractivity contribution in [1.29, 1.82) is 0 Å². The molecule has 0 aromatic heterocycles. The third-order valence-electron chi connectivity index (χ3n) is 3.21. The topological polar surface area (TPSA) is 70.2 Å². The fraction of sp³-hybridized carbons (Fsp3) is 0.375. The summed E-state index contributed by atoms with van der Waals surface area (Å²) in [6.07, 6.45) is 3.68. The zero-order valence-corrected chi connectivity index (χ0v) is 12.0. The summed E-state index contributed by atoms with van der Waals surface area (Å²) in [7, 11) is 0. The Morgan fingerprint density at radius 1 is 1.33 bits per heavy atom. The van der Waals surface area contributed by atoms with Crippen LogP contribution in [-0.2, 0) is 16.1 Å². The van der Waals surface area contributed by atoms with Crippen molar-refractivity contribution >= 4 is 17.5 Å². The maximum Gasteiger partial charge on any atom is 0.234 e. The number of benzene rings is 1. The van der Waals surface area contributed by atoms with E-state index < -0.39 is 0 Å². The molecule has 0 atom stereocenters. The molecular formula is C16H21N3O2. The van der Waals surface area contributed by atoms with Crippen molar-refractivity contribution < 1.29 is 9.59 Å². The summed E-state index contributed by atoms with van der Waals surface area (Å²) >= 11 is 0. The average Bonchev–Trinajstić information content (AvgIpc) is 3.30.